The highest BCUT2D eigenvalue weighted by atomic mass is 32.2. The van der Waals surface area contributed by atoms with Gasteiger partial charge in [0.2, 0.25) is 0 Å². The van der Waals surface area contributed by atoms with Gasteiger partial charge >= 0.3 is 12.2 Å². The van der Waals surface area contributed by atoms with Crippen LogP contribution in [-0.4, -0.2) is 13.2 Å². The predicted octanol–water partition coefficient (Wildman–Crippen LogP) is 0.218. The third-order valence-corrected chi connectivity index (χ3v) is 1.11. The maximum atomic E-state index is 10.00. The summed E-state index contributed by atoms with van der Waals surface area (Å²) in [6.45, 7) is 1.07. The van der Waals surface area contributed by atoms with Crippen molar-refractivity contribution >= 4 is 12.2 Å². The second kappa shape index (κ2) is 1.79. The quantitative estimate of drug-likeness (QED) is 0.192. The molecular weight excluding hydrogens is 102 g/mol. The number of hydrogen-bond acceptors (Lipinski definition) is 4. The van der Waals surface area contributed by atoms with Gasteiger partial charge in [0.05, 0.1) is 0 Å². The average Bonchev–Trinajstić information content (AvgIpc) is 1.86. The molecule has 1 aliphatic heterocycles. The minimum atomic E-state index is 0.505. The molecule has 1 radical (unpaired) electrons. The summed E-state index contributed by atoms with van der Waals surface area (Å²) in [6.07, 6.45) is 0. The zero-order valence-electron chi connectivity index (χ0n) is 3.09. The summed E-state index contributed by atoms with van der Waals surface area (Å²) in [4.78, 5) is 0. The Bertz CT molecular complexity index is 44.8. The van der Waals surface area contributed by atoms with Crippen LogP contribution in [0.4, 0.5) is 0 Å². The molecule has 0 spiro atoms. The normalized spacial score (nSPS) is 25.5. The highest BCUT2D eigenvalue weighted by molar-refractivity contribution is 7.93. The highest BCUT2D eigenvalue weighted by Crippen LogP contribution is 2.11. The van der Waals surface area contributed by atoms with Gasteiger partial charge in [0, 0.05) is 0 Å². The molecule has 35 valence electrons. The Morgan fingerprint density at radius 1 is 1.83 bits per heavy atom. The second-order valence-corrected chi connectivity index (χ2v) is 1.74. The number of rotatable bonds is 0. The molecular formula is C2H4NO2S. The zero-order valence-corrected chi connectivity index (χ0v) is 3.90. The van der Waals surface area contributed by atoms with Crippen molar-refractivity contribution in [3.05, 3.63) is 5.21 Å². The van der Waals surface area contributed by atoms with Gasteiger partial charge in [-0.15, -0.1) is 0 Å². The Kier molecular flexibility index (Phi) is 1.31. The Morgan fingerprint density at radius 2 is 2.67 bits per heavy atom. The van der Waals surface area contributed by atoms with Gasteiger partial charge in [0.1, 0.15) is 6.61 Å². The van der Waals surface area contributed by atoms with Crippen molar-refractivity contribution < 1.29 is 4.18 Å². The van der Waals surface area contributed by atoms with Crippen LogP contribution >= 0.6 is 12.2 Å². The molecule has 1 fully saturated rings. The van der Waals surface area contributed by atoms with Gasteiger partial charge in [-0.1, -0.05) is 4.47 Å². The van der Waals surface area contributed by atoms with Crippen LogP contribution in [0, 0.1) is 5.21 Å². The molecule has 1 saturated heterocycles. The van der Waals surface area contributed by atoms with Crippen molar-refractivity contribution in [2.24, 2.45) is 0 Å². The molecule has 4 heteroatoms. The molecule has 0 N–H and O–H groups in total. The van der Waals surface area contributed by atoms with E-state index in [1.54, 1.807) is 0 Å². The monoisotopic (exact) mass is 106 g/mol. The van der Waals surface area contributed by atoms with Crippen LogP contribution in [-0.2, 0) is 4.18 Å². The topological polar surface area (TPSA) is 38.2 Å². The van der Waals surface area contributed by atoms with Crippen LogP contribution in [0.25, 0.3) is 0 Å². The van der Waals surface area contributed by atoms with E-state index >= 15 is 0 Å². The van der Waals surface area contributed by atoms with E-state index in [4.69, 9.17) is 0 Å². The Labute approximate surface area is 40.2 Å². The van der Waals surface area contributed by atoms with Crippen molar-refractivity contribution in [3.8, 4) is 0 Å². The maximum Gasteiger partial charge on any atom is 0.305 e. The molecule has 0 amide bonds. The molecule has 0 aromatic carbocycles. The van der Waals surface area contributed by atoms with Crippen molar-refractivity contribution in [2.75, 3.05) is 13.2 Å². The lowest BCUT2D eigenvalue weighted by molar-refractivity contribution is 0.413. The third kappa shape index (κ3) is 0.844. The zero-order chi connectivity index (χ0) is 4.41. The Hall–Kier alpha value is 0.230. The summed E-state index contributed by atoms with van der Waals surface area (Å²) in [5, 5.41) is 10.00. The summed E-state index contributed by atoms with van der Waals surface area (Å²) in [5.74, 6) is 0. The van der Waals surface area contributed by atoms with Gasteiger partial charge < -0.3 is 5.21 Å². The fourth-order valence-corrected chi connectivity index (χ4v) is 0.661. The first-order chi connectivity index (χ1) is 2.89. The van der Waals surface area contributed by atoms with Crippen molar-refractivity contribution in [1.82, 2.24) is 4.47 Å². The fourth-order valence-electron chi connectivity index (χ4n) is 0.245. The molecule has 0 aromatic rings. The summed E-state index contributed by atoms with van der Waals surface area (Å²) >= 11 is 0.875. The SMILES string of the molecule is [O-][N+]1CCOS1. The van der Waals surface area contributed by atoms with Gasteiger partial charge in [-0.05, 0) is 0 Å². The van der Waals surface area contributed by atoms with Gasteiger partial charge in [-0.2, -0.15) is 0 Å². The molecule has 1 rings (SSSR count). The van der Waals surface area contributed by atoms with E-state index in [1.165, 1.54) is 0 Å². The van der Waals surface area contributed by atoms with Crippen LogP contribution in [0.3, 0.4) is 0 Å². The minimum Gasteiger partial charge on any atom is -0.567 e. The molecule has 1 aliphatic rings. The lowest BCUT2D eigenvalue weighted by Gasteiger charge is -1.93. The third-order valence-electron chi connectivity index (χ3n) is 0.493. The van der Waals surface area contributed by atoms with E-state index in [0.717, 1.165) is 16.7 Å². The number of nitrogens with zero attached hydrogens (tertiary/aromatic N) is 1. The lowest BCUT2D eigenvalue weighted by atomic mass is 10.8. The van der Waals surface area contributed by atoms with Crippen molar-refractivity contribution in [1.29, 1.82) is 0 Å². The van der Waals surface area contributed by atoms with Gasteiger partial charge in [0.25, 0.3) is 0 Å². The minimum absolute atomic E-state index is 0.505. The van der Waals surface area contributed by atoms with Crippen LogP contribution in [0.15, 0.2) is 0 Å². The summed E-state index contributed by atoms with van der Waals surface area (Å²) in [7, 11) is 0. The predicted molar refractivity (Wildman–Crippen MR) is 23.9 cm³/mol. The van der Waals surface area contributed by atoms with E-state index in [2.05, 4.69) is 4.18 Å². The molecule has 0 bridgehead atoms. The molecule has 1 heterocycles. The van der Waals surface area contributed by atoms with E-state index < -0.39 is 0 Å². The Morgan fingerprint density at radius 3 is 2.83 bits per heavy atom. The summed E-state index contributed by atoms with van der Waals surface area (Å²) in [6, 6.07) is 0. The molecule has 3 nitrogen and oxygen atoms in total. The standard InChI is InChI=1S/C2H4NO2S/c4-3-1-2-5-6-3/h1-2H2. The van der Waals surface area contributed by atoms with Gasteiger partial charge in [-0.3, -0.25) is 4.18 Å². The molecule has 0 aromatic heterocycles. The molecule has 0 aliphatic carbocycles. The Balaban J connectivity index is 2.18. The molecule has 0 unspecified atom stereocenters. The van der Waals surface area contributed by atoms with E-state index in [9.17, 15) is 5.21 Å². The maximum absolute atomic E-state index is 10.00. The van der Waals surface area contributed by atoms with Crippen molar-refractivity contribution in [3.63, 3.8) is 0 Å². The first-order valence-electron chi connectivity index (χ1n) is 1.64. The fraction of sp³-hybridized carbons (Fsp3) is 1.00. The first kappa shape index (κ1) is 4.39. The average molecular weight is 106 g/mol. The van der Waals surface area contributed by atoms with Crippen LogP contribution in [0.1, 0.15) is 0 Å². The largest absolute Gasteiger partial charge is 0.567 e. The first-order valence-corrected chi connectivity index (χ1v) is 2.34. The lowest BCUT2D eigenvalue weighted by Crippen LogP contribution is -2.07. The molecule has 0 saturated carbocycles. The van der Waals surface area contributed by atoms with E-state index in [0.29, 0.717) is 13.2 Å². The van der Waals surface area contributed by atoms with E-state index in [1.807, 2.05) is 0 Å². The highest BCUT2D eigenvalue weighted by Gasteiger charge is 2.14. The van der Waals surface area contributed by atoms with Gasteiger partial charge in [0.15, 0.2) is 6.54 Å². The summed E-state index contributed by atoms with van der Waals surface area (Å²) < 4.78 is 5.39. The molecule has 0 atom stereocenters. The van der Waals surface area contributed by atoms with E-state index in [-0.39, 0.29) is 0 Å². The van der Waals surface area contributed by atoms with Crippen LogP contribution < -0.4 is 4.47 Å². The van der Waals surface area contributed by atoms with Crippen molar-refractivity contribution in [2.45, 2.75) is 0 Å². The van der Waals surface area contributed by atoms with Crippen LogP contribution in [0.5, 0.6) is 0 Å². The number of hydroxylamine groups is 1. The van der Waals surface area contributed by atoms with Crippen LogP contribution in [0.2, 0.25) is 0 Å². The second-order valence-electron chi connectivity index (χ2n) is 0.953. The molecule has 6 heavy (non-hydrogen) atoms. The number of hydrogen-bond donors (Lipinski definition) is 0. The van der Waals surface area contributed by atoms with Gasteiger partial charge in [-0.25, -0.2) is 0 Å². The smallest absolute Gasteiger partial charge is 0.305 e. The summed E-state index contributed by atoms with van der Waals surface area (Å²) in [5.41, 5.74) is 0.